The number of amides is 2. The van der Waals surface area contributed by atoms with Crippen molar-refractivity contribution in [2.45, 2.75) is 44.9 Å². The highest BCUT2D eigenvalue weighted by Crippen LogP contribution is 2.22. The Balaban J connectivity index is 1.58. The number of hydrogen-bond donors (Lipinski definition) is 0. The van der Waals surface area contributed by atoms with Crippen LogP contribution in [0.1, 0.15) is 48.2 Å². The van der Waals surface area contributed by atoms with E-state index >= 15 is 0 Å². The molecule has 0 atom stereocenters. The van der Waals surface area contributed by atoms with E-state index in [9.17, 15) is 18.0 Å². The van der Waals surface area contributed by atoms with Crippen LogP contribution in [0.3, 0.4) is 0 Å². The molecule has 0 radical (unpaired) electrons. The molecule has 1 aliphatic rings. The van der Waals surface area contributed by atoms with E-state index in [0.717, 1.165) is 12.8 Å². The SMILES string of the molecule is CCN(CC)S(=O)(=O)c1cc(C(=O)N2CCN(C(=O)CCCc3ccccc3)CC2)ccc1C. The Kier molecular flexibility index (Phi) is 8.85. The van der Waals surface area contributed by atoms with Crippen LogP contribution in [-0.4, -0.2) is 73.6 Å². The van der Waals surface area contributed by atoms with Crippen LogP contribution < -0.4 is 0 Å². The topological polar surface area (TPSA) is 78.0 Å². The van der Waals surface area contributed by atoms with Crippen LogP contribution in [0.15, 0.2) is 53.4 Å². The van der Waals surface area contributed by atoms with Gasteiger partial charge in [-0.15, -0.1) is 0 Å². The lowest BCUT2D eigenvalue weighted by Gasteiger charge is -2.35. The average molecular weight is 486 g/mol. The third-order valence-electron chi connectivity index (χ3n) is 6.38. The van der Waals surface area contributed by atoms with Crippen molar-refractivity contribution < 1.29 is 18.0 Å². The number of rotatable bonds is 9. The minimum absolute atomic E-state index is 0.117. The minimum atomic E-state index is -3.66. The van der Waals surface area contributed by atoms with Gasteiger partial charge in [0, 0.05) is 51.3 Å². The molecule has 7 nitrogen and oxygen atoms in total. The fourth-order valence-corrected chi connectivity index (χ4v) is 6.01. The maximum Gasteiger partial charge on any atom is 0.254 e. The first-order valence-corrected chi connectivity index (χ1v) is 13.4. The second kappa shape index (κ2) is 11.6. The van der Waals surface area contributed by atoms with E-state index in [1.54, 1.807) is 37.8 Å². The van der Waals surface area contributed by atoms with E-state index in [1.165, 1.54) is 15.9 Å². The summed E-state index contributed by atoms with van der Waals surface area (Å²) < 4.78 is 27.4. The predicted octanol–water partition coefficient (Wildman–Crippen LogP) is 3.33. The van der Waals surface area contributed by atoms with E-state index in [4.69, 9.17) is 0 Å². The Bertz CT molecular complexity index is 1090. The summed E-state index contributed by atoms with van der Waals surface area (Å²) in [4.78, 5) is 29.4. The Labute approximate surface area is 203 Å². The van der Waals surface area contributed by atoms with Crippen molar-refractivity contribution in [3.05, 3.63) is 65.2 Å². The third kappa shape index (κ3) is 6.04. The first kappa shape index (κ1) is 25.9. The average Bonchev–Trinajstić information content (AvgIpc) is 2.85. The molecule has 0 spiro atoms. The number of piperazine rings is 1. The molecule has 8 heteroatoms. The molecule has 2 aromatic rings. The summed E-state index contributed by atoms with van der Waals surface area (Å²) in [7, 11) is -3.66. The number of benzene rings is 2. The van der Waals surface area contributed by atoms with Gasteiger partial charge < -0.3 is 9.80 Å². The molecule has 0 saturated carbocycles. The van der Waals surface area contributed by atoms with Crippen molar-refractivity contribution in [3.8, 4) is 0 Å². The Morgan fingerprint density at radius 2 is 1.53 bits per heavy atom. The van der Waals surface area contributed by atoms with Crippen molar-refractivity contribution in [2.75, 3.05) is 39.3 Å². The molecule has 0 aromatic heterocycles. The lowest BCUT2D eigenvalue weighted by molar-refractivity contribution is -0.132. The molecule has 1 aliphatic heterocycles. The summed E-state index contributed by atoms with van der Waals surface area (Å²) in [5.74, 6) is -0.0851. The predicted molar refractivity (Wildman–Crippen MR) is 133 cm³/mol. The largest absolute Gasteiger partial charge is 0.339 e. The summed E-state index contributed by atoms with van der Waals surface area (Å²) in [6.07, 6.45) is 2.17. The lowest BCUT2D eigenvalue weighted by atomic mass is 10.1. The van der Waals surface area contributed by atoms with Gasteiger partial charge in [-0.25, -0.2) is 8.42 Å². The first-order valence-electron chi connectivity index (χ1n) is 12.0. The van der Waals surface area contributed by atoms with Crippen LogP contribution in [0, 0.1) is 6.92 Å². The summed E-state index contributed by atoms with van der Waals surface area (Å²) in [5.41, 5.74) is 2.21. The molecule has 2 aromatic carbocycles. The smallest absolute Gasteiger partial charge is 0.254 e. The molecule has 2 amide bonds. The van der Waals surface area contributed by atoms with Crippen LogP contribution in [0.4, 0.5) is 0 Å². The number of aryl methyl sites for hydroxylation is 2. The molecule has 0 bridgehead atoms. The Morgan fingerprint density at radius 3 is 2.15 bits per heavy atom. The summed E-state index contributed by atoms with van der Waals surface area (Å²) in [6, 6.07) is 15.0. The van der Waals surface area contributed by atoms with E-state index in [2.05, 4.69) is 12.1 Å². The molecular formula is C26H35N3O4S. The van der Waals surface area contributed by atoms with Crippen LogP contribution in [0.5, 0.6) is 0 Å². The van der Waals surface area contributed by atoms with Gasteiger partial charge in [-0.2, -0.15) is 4.31 Å². The Morgan fingerprint density at radius 1 is 0.912 bits per heavy atom. The normalized spacial score (nSPS) is 14.5. The minimum Gasteiger partial charge on any atom is -0.339 e. The molecule has 0 aliphatic carbocycles. The fourth-order valence-electron chi connectivity index (χ4n) is 4.30. The van der Waals surface area contributed by atoms with Crippen molar-refractivity contribution in [3.63, 3.8) is 0 Å². The summed E-state index contributed by atoms with van der Waals surface area (Å²) in [6.45, 7) is 7.95. The van der Waals surface area contributed by atoms with Crippen LogP contribution in [0.25, 0.3) is 0 Å². The van der Waals surface area contributed by atoms with Gasteiger partial charge in [-0.1, -0.05) is 50.2 Å². The third-order valence-corrected chi connectivity index (χ3v) is 8.57. The second-order valence-corrected chi connectivity index (χ2v) is 10.5. The molecule has 1 saturated heterocycles. The van der Waals surface area contributed by atoms with Crippen LogP contribution >= 0.6 is 0 Å². The molecule has 0 N–H and O–H groups in total. The van der Waals surface area contributed by atoms with E-state index in [0.29, 0.717) is 56.8 Å². The Hall–Kier alpha value is -2.71. The summed E-state index contributed by atoms with van der Waals surface area (Å²) >= 11 is 0. The highest BCUT2D eigenvalue weighted by Gasteiger charge is 2.28. The number of carbonyl (C=O) groups excluding carboxylic acids is 2. The van der Waals surface area contributed by atoms with Gasteiger partial charge in [0.25, 0.3) is 5.91 Å². The standard InChI is InChI=1S/C26H35N3O4S/c1-4-29(5-2)34(32,33)24-20-23(15-14-21(24)3)26(31)28-18-16-27(17-19-28)25(30)13-9-12-22-10-7-6-8-11-22/h6-8,10-11,14-15,20H,4-5,9,12-13,16-19H2,1-3H3. The maximum absolute atomic E-state index is 13.1. The first-order chi connectivity index (χ1) is 16.3. The van der Waals surface area contributed by atoms with Gasteiger partial charge in [0.2, 0.25) is 15.9 Å². The van der Waals surface area contributed by atoms with Gasteiger partial charge in [0.1, 0.15) is 0 Å². The molecule has 1 fully saturated rings. The van der Waals surface area contributed by atoms with Crippen molar-refractivity contribution in [1.29, 1.82) is 0 Å². The molecule has 184 valence electrons. The van der Waals surface area contributed by atoms with Crippen molar-refractivity contribution >= 4 is 21.8 Å². The quantitative estimate of drug-likeness (QED) is 0.546. The van der Waals surface area contributed by atoms with Crippen molar-refractivity contribution in [1.82, 2.24) is 14.1 Å². The van der Waals surface area contributed by atoms with E-state index < -0.39 is 10.0 Å². The zero-order chi connectivity index (χ0) is 24.7. The molecule has 34 heavy (non-hydrogen) atoms. The van der Waals surface area contributed by atoms with Gasteiger partial charge in [0.15, 0.2) is 0 Å². The maximum atomic E-state index is 13.1. The zero-order valence-electron chi connectivity index (χ0n) is 20.4. The summed E-state index contributed by atoms with van der Waals surface area (Å²) in [5, 5.41) is 0. The number of nitrogens with zero attached hydrogens (tertiary/aromatic N) is 3. The van der Waals surface area contributed by atoms with E-state index in [-0.39, 0.29) is 16.7 Å². The molecule has 1 heterocycles. The monoisotopic (exact) mass is 485 g/mol. The lowest BCUT2D eigenvalue weighted by Crippen LogP contribution is -2.50. The number of sulfonamides is 1. The number of carbonyl (C=O) groups is 2. The van der Waals surface area contributed by atoms with Crippen LogP contribution in [-0.2, 0) is 21.2 Å². The number of hydrogen-bond acceptors (Lipinski definition) is 4. The van der Waals surface area contributed by atoms with Crippen molar-refractivity contribution in [2.24, 2.45) is 0 Å². The van der Waals surface area contributed by atoms with Gasteiger partial charge in [-0.05, 0) is 43.0 Å². The van der Waals surface area contributed by atoms with E-state index in [1.807, 2.05) is 23.1 Å². The van der Waals surface area contributed by atoms with Gasteiger partial charge in [-0.3, -0.25) is 9.59 Å². The fraction of sp³-hybridized carbons (Fsp3) is 0.462. The molecule has 3 rings (SSSR count). The highest BCUT2D eigenvalue weighted by atomic mass is 32.2. The highest BCUT2D eigenvalue weighted by molar-refractivity contribution is 7.89. The molecule has 0 unspecified atom stereocenters. The molecular weight excluding hydrogens is 450 g/mol. The zero-order valence-corrected chi connectivity index (χ0v) is 21.2. The van der Waals surface area contributed by atoms with Gasteiger partial charge in [0.05, 0.1) is 4.90 Å². The van der Waals surface area contributed by atoms with Crippen LogP contribution in [0.2, 0.25) is 0 Å². The second-order valence-electron chi connectivity index (χ2n) is 8.58. The van der Waals surface area contributed by atoms with Gasteiger partial charge >= 0.3 is 0 Å².